The summed E-state index contributed by atoms with van der Waals surface area (Å²) < 4.78 is 12.3. The van der Waals surface area contributed by atoms with Crippen molar-refractivity contribution < 1.29 is 4.39 Å². The minimum Gasteiger partial charge on any atom is -0.228 e. The van der Waals surface area contributed by atoms with Gasteiger partial charge in [0.25, 0.3) is 0 Å². The Bertz CT molecular complexity index is 278. The lowest BCUT2D eigenvalue weighted by Gasteiger charge is -1.94. The molecule has 0 aromatic carbocycles. The molecule has 0 unspecified atom stereocenters. The van der Waals surface area contributed by atoms with E-state index in [1.54, 1.807) is 0 Å². The van der Waals surface area contributed by atoms with Crippen molar-refractivity contribution in [2.45, 2.75) is 11.6 Å². The smallest absolute Gasteiger partial charge is 0.187 e. The first kappa shape index (κ1) is 9.01. The Morgan fingerprint density at radius 3 is 2.75 bits per heavy atom. The number of halogens is 1. The fourth-order valence-electron chi connectivity index (χ4n) is 0.576. The maximum atomic E-state index is 12.3. The molecule has 1 aromatic heterocycles. The predicted molar refractivity (Wildman–Crippen MR) is 46.2 cm³/mol. The number of nitrogens with zero attached hydrogens (tertiary/aromatic N) is 2. The third-order valence-electron chi connectivity index (χ3n) is 1.07. The molecular weight excluding hydrogens is 175 g/mol. The van der Waals surface area contributed by atoms with Crippen LogP contribution < -0.4 is 0 Å². The van der Waals surface area contributed by atoms with E-state index in [9.17, 15) is 4.39 Å². The summed E-state index contributed by atoms with van der Waals surface area (Å²) in [5, 5.41) is 0.562. The van der Waals surface area contributed by atoms with Crippen LogP contribution in [-0.4, -0.2) is 15.7 Å². The van der Waals surface area contributed by atoms with Gasteiger partial charge in [0.15, 0.2) is 11.0 Å². The second-order valence-corrected chi connectivity index (χ2v) is 3.05. The Morgan fingerprint density at radius 1 is 1.50 bits per heavy atom. The van der Waals surface area contributed by atoms with E-state index in [1.807, 2.05) is 0 Å². The molecule has 0 fully saturated rings. The highest BCUT2D eigenvalue weighted by Gasteiger charge is 1.96. The van der Waals surface area contributed by atoms with Crippen LogP contribution >= 0.6 is 11.8 Å². The van der Waals surface area contributed by atoms with Gasteiger partial charge in [-0.15, -0.1) is 12.3 Å². The van der Waals surface area contributed by atoms with E-state index in [-0.39, 0.29) is 0 Å². The van der Waals surface area contributed by atoms with Gasteiger partial charge in [-0.3, -0.25) is 0 Å². The molecular formula is C8H7FN2S. The Kier molecular flexibility index (Phi) is 3.55. The van der Waals surface area contributed by atoms with Gasteiger partial charge < -0.3 is 0 Å². The summed E-state index contributed by atoms with van der Waals surface area (Å²) in [6.45, 7) is 0. The van der Waals surface area contributed by atoms with Crippen LogP contribution in [0.4, 0.5) is 4.39 Å². The first-order valence-corrected chi connectivity index (χ1v) is 4.35. The molecule has 0 aliphatic rings. The highest BCUT2D eigenvalue weighted by Crippen LogP contribution is 2.11. The lowest BCUT2D eigenvalue weighted by molar-refractivity contribution is 0.605. The van der Waals surface area contributed by atoms with E-state index in [0.717, 1.165) is 18.1 Å². The number of terminal acetylenes is 1. The van der Waals surface area contributed by atoms with E-state index >= 15 is 0 Å². The van der Waals surface area contributed by atoms with Gasteiger partial charge in [0, 0.05) is 12.2 Å². The summed E-state index contributed by atoms with van der Waals surface area (Å²) in [6, 6.07) is 0. The first-order chi connectivity index (χ1) is 5.83. The van der Waals surface area contributed by atoms with Gasteiger partial charge in [-0.1, -0.05) is 11.8 Å². The molecule has 0 saturated carbocycles. The Labute approximate surface area is 74.6 Å². The normalized spacial score (nSPS) is 9.33. The molecule has 62 valence electrons. The second-order valence-electron chi connectivity index (χ2n) is 1.99. The van der Waals surface area contributed by atoms with Gasteiger partial charge in [0.2, 0.25) is 0 Å². The van der Waals surface area contributed by atoms with Crippen LogP contribution in [0, 0.1) is 18.2 Å². The molecule has 1 aromatic rings. The molecule has 0 amide bonds. The zero-order valence-corrected chi connectivity index (χ0v) is 7.14. The topological polar surface area (TPSA) is 25.8 Å². The molecule has 0 radical (unpaired) electrons. The molecule has 0 aliphatic heterocycles. The summed E-state index contributed by atoms with van der Waals surface area (Å²) >= 11 is 1.42. The average Bonchev–Trinajstić information content (AvgIpc) is 2.09. The van der Waals surface area contributed by atoms with Gasteiger partial charge in [-0.25, -0.2) is 14.4 Å². The molecule has 1 heterocycles. The fourth-order valence-corrected chi connectivity index (χ4v) is 1.23. The number of hydrogen-bond donors (Lipinski definition) is 0. The van der Waals surface area contributed by atoms with E-state index in [0.29, 0.717) is 11.6 Å². The van der Waals surface area contributed by atoms with Crippen molar-refractivity contribution in [3.8, 4) is 12.3 Å². The summed E-state index contributed by atoms with van der Waals surface area (Å²) in [5.41, 5.74) is 0. The van der Waals surface area contributed by atoms with Gasteiger partial charge in [0.05, 0.1) is 12.4 Å². The standard InChI is InChI=1S/C8H7FN2S/c1-2-3-4-12-8-10-5-7(9)6-11-8/h1,5-6H,3-4H2. The molecule has 0 spiro atoms. The van der Waals surface area contributed by atoms with E-state index in [4.69, 9.17) is 6.42 Å². The van der Waals surface area contributed by atoms with Crippen molar-refractivity contribution in [3.63, 3.8) is 0 Å². The summed E-state index contributed by atoms with van der Waals surface area (Å²) in [6.07, 6.45) is 8.01. The minimum absolute atomic E-state index is 0.420. The zero-order chi connectivity index (χ0) is 8.81. The molecule has 0 atom stereocenters. The van der Waals surface area contributed by atoms with Gasteiger partial charge in [0.1, 0.15) is 0 Å². The Balaban J connectivity index is 2.43. The maximum Gasteiger partial charge on any atom is 0.187 e. The van der Waals surface area contributed by atoms with Gasteiger partial charge in [-0.05, 0) is 0 Å². The molecule has 0 bridgehead atoms. The Morgan fingerprint density at radius 2 is 2.17 bits per heavy atom. The van der Waals surface area contributed by atoms with Crippen LogP contribution in [0.2, 0.25) is 0 Å². The quantitative estimate of drug-likeness (QED) is 0.308. The highest BCUT2D eigenvalue weighted by molar-refractivity contribution is 7.99. The molecule has 4 heteroatoms. The first-order valence-electron chi connectivity index (χ1n) is 3.36. The number of rotatable bonds is 3. The average molecular weight is 182 g/mol. The minimum atomic E-state index is -0.420. The van der Waals surface area contributed by atoms with Crippen LogP contribution in [0.3, 0.4) is 0 Å². The molecule has 0 saturated heterocycles. The molecule has 2 nitrogen and oxygen atoms in total. The number of thioether (sulfide) groups is 1. The highest BCUT2D eigenvalue weighted by atomic mass is 32.2. The van der Waals surface area contributed by atoms with Crippen LogP contribution in [0.25, 0.3) is 0 Å². The SMILES string of the molecule is C#CCCSc1ncc(F)cn1. The molecule has 1 rings (SSSR count). The summed E-state index contributed by atoms with van der Waals surface area (Å²) in [7, 11) is 0. The fraction of sp³-hybridized carbons (Fsp3) is 0.250. The Hall–Kier alpha value is -1.08. The number of aromatic nitrogens is 2. The lowest BCUT2D eigenvalue weighted by atomic mass is 10.5. The second kappa shape index (κ2) is 4.73. The van der Waals surface area contributed by atoms with Crippen molar-refractivity contribution in [1.29, 1.82) is 0 Å². The van der Waals surface area contributed by atoms with Crippen LogP contribution in [0.5, 0.6) is 0 Å². The third-order valence-corrected chi connectivity index (χ3v) is 1.95. The molecule has 0 N–H and O–H groups in total. The monoisotopic (exact) mass is 182 g/mol. The molecule has 0 aliphatic carbocycles. The van der Waals surface area contributed by atoms with E-state index in [2.05, 4.69) is 15.9 Å². The molecule has 12 heavy (non-hydrogen) atoms. The van der Waals surface area contributed by atoms with Crippen molar-refractivity contribution in [2.75, 3.05) is 5.75 Å². The van der Waals surface area contributed by atoms with Crippen molar-refractivity contribution >= 4 is 11.8 Å². The predicted octanol–water partition coefficient (Wildman–Crippen LogP) is 1.73. The van der Waals surface area contributed by atoms with Crippen molar-refractivity contribution in [1.82, 2.24) is 9.97 Å². The van der Waals surface area contributed by atoms with Crippen LogP contribution in [0.15, 0.2) is 17.6 Å². The maximum absolute atomic E-state index is 12.3. The van der Waals surface area contributed by atoms with Crippen molar-refractivity contribution in [3.05, 3.63) is 18.2 Å². The van der Waals surface area contributed by atoms with Crippen molar-refractivity contribution in [2.24, 2.45) is 0 Å². The largest absolute Gasteiger partial charge is 0.228 e. The summed E-state index contributed by atoms with van der Waals surface area (Å²) in [5.74, 6) is 2.84. The van der Waals surface area contributed by atoms with Gasteiger partial charge in [-0.2, -0.15) is 0 Å². The number of hydrogen-bond acceptors (Lipinski definition) is 3. The van der Waals surface area contributed by atoms with E-state index in [1.165, 1.54) is 11.8 Å². The third kappa shape index (κ3) is 2.89. The van der Waals surface area contributed by atoms with E-state index < -0.39 is 5.82 Å². The van der Waals surface area contributed by atoms with Crippen LogP contribution in [0.1, 0.15) is 6.42 Å². The van der Waals surface area contributed by atoms with Gasteiger partial charge >= 0.3 is 0 Å². The van der Waals surface area contributed by atoms with Crippen LogP contribution in [-0.2, 0) is 0 Å². The lowest BCUT2D eigenvalue weighted by Crippen LogP contribution is -1.88. The zero-order valence-electron chi connectivity index (χ0n) is 6.33. The summed E-state index contributed by atoms with van der Waals surface area (Å²) in [4.78, 5) is 7.52.